The molecule has 0 saturated heterocycles. The number of hydrogen-bond donors (Lipinski definition) is 2. The molecule has 0 heterocycles. The Morgan fingerprint density at radius 2 is 1.86 bits per heavy atom. The summed E-state index contributed by atoms with van der Waals surface area (Å²) in [5, 5.41) is 11.8. The number of rotatable bonds is 6. The first kappa shape index (κ1) is 13.1. The van der Waals surface area contributed by atoms with Gasteiger partial charge in [-0.2, -0.15) is 0 Å². The molecular weight excluding hydrogens is 182 g/mol. The number of aliphatic hydroxyl groups excluding tert-OH is 1. The molecule has 0 aromatic carbocycles. The summed E-state index contributed by atoms with van der Waals surface area (Å²) >= 11 is 0. The van der Waals surface area contributed by atoms with Gasteiger partial charge in [0.05, 0.1) is 6.10 Å². The molecule has 0 spiro atoms. The van der Waals surface area contributed by atoms with Crippen LogP contribution in [0, 0.1) is 0 Å². The van der Waals surface area contributed by atoms with Crippen molar-refractivity contribution >= 4 is 11.7 Å². The Balaban J connectivity index is 3.65. The van der Waals surface area contributed by atoms with Gasteiger partial charge in [-0.25, -0.2) is 0 Å². The van der Waals surface area contributed by atoms with Crippen LogP contribution in [0.4, 0.5) is 0 Å². The zero-order chi connectivity index (χ0) is 11.1. The van der Waals surface area contributed by atoms with Gasteiger partial charge in [-0.3, -0.25) is 4.79 Å². The van der Waals surface area contributed by atoms with Gasteiger partial charge in [0.2, 0.25) is 5.91 Å². The van der Waals surface area contributed by atoms with Crippen molar-refractivity contribution in [1.82, 2.24) is 5.32 Å². The second-order valence-corrected chi connectivity index (χ2v) is 3.76. The summed E-state index contributed by atoms with van der Waals surface area (Å²) in [7, 11) is 0. The van der Waals surface area contributed by atoms with Crippen LogP contribution in [0.25, 0.3) is 0 Å². The average molecular weight is 201 g/mol. The van der Waals surface area contributed by atoms with Crippen molar-refractivity contribution in [2.45, 2.75) is 52.2 Å². The zero-order valence-electron chi connectivity index (χ0n) is 9.04. The summed E-state index contributed by atoms with van der Waals surface area (Å²) in [5.74, 6) is -0.114. The normalized spacial score (nSPS) is 14.6. The lowest BCUT2D eigenvalue weighted by molar-refractivity contribution is -0.125. The number of Topliss-reactive ketones (excluding diaryl/α,β-unsaturated/α-hetero) is 1. The van der Waals surface area contributed by atoms with Gasteiger partial charge in [0.1, 0.15) is 5.78 Å². The third-order valence-corrected chi connectivity index (χ3v) is 1.81. The van der Waals surface area contributed by atoms with Crippen LogP contribution >= 0.6 is 0 Å². The minimum atomic E-state index is -0.418. The minimum Gasteiger partial charge on any atom is -0.393 e. The summed E-state index contributed by atoms with van der Waals surface area (Å²) in [6.07, 6.45) is 0.636. The van der Waals surface area contributed by atoms with Crippen molar-refractivity contribution in [3.8, 4) is 0 Å². The van der Waals surface area contributed by atoms with Gasteiger partial charge in [0, 0.05) is 18.9 Å². The topological polar surface area (TPSA) is 66.4 Å². The number of carbonyl (C=O) groups excluding carboxylic acids is 2. The molecule has 0 aromatic rings. The van der Waals surface area contributed by atoms with E-state index in [0.29, 0.717) is 6.42 Å². The lowest BCUT2D eigenvalue weighted by Crippen LogP contribution is -2.34. The number of carbonyl (C=O) groups is 2. The average Bonchev–Trinajstić information content (AvgIpc) is 1.98. The molecule has 0 saturated carbocycles. The Labute approximate surface area is 84.7 Å². The first-order chi connectivity index (χ1) is 6.41. The molecule has 1 amide bonds. The maximum atomic E-state index is 11.2. The third kappa shape index (κ3) is 7.73. The highest BCUT2D eigenvalue weighted by molar-refractivity contribution is 5.83. The van der Waals surface area contributed by atoms with E-state index in [1.54, 1.807) is 6.92 Å². The predicted molar refractivity (Wildman–Crippen MR) is 53.8 cm³/mol. The molecule has 0 fully saturated rings. The molecule has 2 unspecified atom stereocenters. The number of hydrogen-bond acceptors (Lipinski definition) is 3. The van der Waals surface area contributed by atoms with Gasteiger partial charge in [-0.15, -0.1) is 0 Å². The maximum absolute atomic E-state index is 11.2. The van der Waals surface area contributed by atoms with Crippen molar-refractivity contribution in [3.63, 3.8) is 0 Å². The van der Waals surface area contributed by atoms with E-state index in [4.69, 9.17) is 5.11 Å². The Kier molecular flexibility index (Phi) is 6.12. The molecule has 0 radical (unpaired) electrons. The van der Waals surface area contributed by atoms with E-state index in [1.807, 2.05) is 6.92 Å². The quantitative estimate of drug-likeness (QED) is 0.662. The third-order valence-electron chi connectivity index (χ3n) is 1.81. The molecule has 0 aliphatic rings. The fourth-order valence-corrected chi connectivity index (χ4v) is 1.21. The van der Waals surface area contributed by atoms with Crippen LogP contribution in [0.15, 0.2) is 0 Å². The molecule has 0 rings (SSSR count). The highest BCUT2D eigenvalue weighted by Gasteiger charge is 2.09. The van der Waals surface area contributed by atoms with Gasteiger partial charge in [-0.05, 0) is 27.2 Å². The monoisotopic (exact) mass is 201 g/mol. The van der Waals surface area contributed by atoms with Crippen LogP contribution in [-0.4, -0.2) is 28.9 Å². The Morgan fingerprint density at radius 3 is 2.29 bits per heavy atom. The summed E-state index contributed by atoms with van der Waals surface area (Å²) < 4.78 is 0. The molecule has 0 aromatic heterocycles. The van der Waals surface area contributed by atoms with E-state index in [-0.39, 0.29) is 30.6 Å². The summed E-state index contributed by atoms with van der Waals surface area (Å²) in [4.78, 5) is 21.8. The summed E-state index contributed by atoms with van der Waals surface area (Å²) in [6.45, 7) is 4.98. The smallest absolute Gasteiger partial charge is 0.220 e. The van der Waals surface area contributed by atoms with Crippen LogP contribution in [0.2, 0.25) is 0 Å². The summed E-state index contributed by atoms with van der Waals surface area (Å²) in [5.41, 5.74) is 0. The number of nitrogens with one attached hydrogen (secondary N) is 1. The Hall–Kier alpha value is -0.900. The van der Waals surface area contributed by atoms with Crippen LogP contribution in [0.5, 0.6) is 0 Å². The van der Waals surface area contributed by atoms with E-state index >= 15 is 0 Å². The van der Waals surface area contributed by atoms with E-state index < -0.39 is 6.10 Å². The van der Waals surface area contributed by atoms with Gasteiger partial charge in [0.15, 0.2) is 0 Å². The van der Waals surface area contributed by atoms with Gasteiger partial charge in [-0.1, -0.05) is 0 Å². The van der Waals surface area contributed by atoms with E-state index in [2.05, 4.69) is 5.32 Å². The second kappa shape index (κ2) is 6.54. The van der Waals surface area contributed by atoms with Crippen LogP contribution in [-0.2, 0) is 9.59 Å². The molecule has 0 aliphatic heterocycles. The van der Waals surface area contributed by atoms with E-state index in [0.717, 1.165) is 0 Å². The lowest BCUT2D eigenvalue weighted by atomic mass is 10.1. The maximum Gasteiger partial charge on any atom is 0.220 e. The minimum absolute atomic E-state index is 0.0170. The van der Waals surface area contributed by atoms with Crippen LogP contribution < -0.4 is 5.32 Å². The second-order valence-electron chi connectivity index (χ2n) is 3.76. The number of aliphatic hydroxyl groups is 1. The Bertz CT molecular complexity index is 202. The highest BCUT2D eigenvalue weighted by Crippen LogP contribution is 1.98. The first-order valence-electron chi connectivity index (χ1n) is 4.88. The standard InChI is InChI=1S/C10H19NO3/c1-7(6-9(3)13)11-10(14)5-4-8(2)12/h7,9,13H,4-6H2,1-3H3,(H,11,14). The molecule has 82 valence electrons. The molecule has 2 N–H and O–H groups in total. The van der Waals surface area contributed by atoms with Crippen molar-refractivity contribution in [1.29, 1.82) is 0 Å². The van der Waals surface area contributed by atoms with Crippen LogP contribution in [0.1, 0.15) is 40.0 Å². The summed E-state index contributed by atoms with van der Waals surface area (Å²) in [6, 6.07) is -0.0468. The van der Waals surface area contributed by atoms with Crippen LogP contribution in [0.3, 0.4) is 0 Å². The number of ketones is 1. The molecule has 0 aliphatic carbocycles. The fourth-order valence-electron chi connectivity index (χ4n) is 1.21. The molecule has 0 bridgehead atoms. The van der Waals surface area contributed by atoms with Crippen molar-refractivity contribution in [3.05, 3.63) is 0 Å². The Morgan fingerprint density at radius 1 is 1.29 bits per heavy atom. The zero-order valence-corrected chi connectivity index (χ0v) is 9.04. The highest BCUT2D eigenvalue weighted by atomic mass is 16.3. The molecule has 4 heteroatoms. The van der Waals surface area contributed by atoms with E-state index in [1.165, 1.54) is 6.92 Å². The molecular formula is C10H19NO3. The SMILES string of the molecule is CC(=O)CCC(=O)NC(C)CC(C)O. The van der Waals surface area contributed by atoms with Crippen molar-refractivity contribution in [2.24, 2.45) is 0 Å². The molecule has 4 nitrogen and oxygen atoms in total. The molecule has 14 heavy (non-hydrogen) atoms. The van der Waals surface area contributed by atoms with Crippen molar-refractivity contribution < 1.29 is 14.7 Å². The van der Waals surface area contributed by atoms with Gasteiger partial charge < -0.3 is 15.2 Å². The first-order valence-corrected chi connectivity index (χ1v) is 4.88. The fraction of sp³-hybridized carbons (Fsp3) is 0.800. The van der Waals surface area contributed by atoms with Gasteiger partial charge >= 0.3 is 0 Å². The number of amides is 1. The largest absolute Gasteiger partial charge is 0.393 e. The molecule has 2 atom stereocenters. The lowest BCUT2D eigenvalue weighted by Gasteiger charge is -2.14. The van der Waals surface area contributed by atoms with Crippen molar-refractivity contribution in [2.75, 3.05) is 0 Å². The predicted octanol–water partition coefficient (Wildman–Crippen LogP) is 0.631. The van der Waals surface area contributed by atoms with Gasteiger partial charge in [0.25, 0.3) is 0 Å². The van der Waals surface area contributed by atoms with E-state index in [9.17, 15) is 9.59 Å².